The van der Waals surface area contributed by atoms with Crippen molar-refractivity contribution in [3.8, 4) is 0 Å². The molecule has 1 rings (SSSR count). The quantitative estimate of drug-likeness (QED) is 0.684. The molecule has 118 valence electrons. The van der Waals surface area contributed by atoms with Crippen LogP contribution in [0.1, 0.15) is 72.6 Å². The topological polar surface area (TPSA) is 38.3 Å². The fourth-order valence-corrected chi connectivity index (χ4v) is 3.17. The van der Waals surface area contributed by atoms with Crippen molar-refractivity contribution in [3.05, 3.63) is 0 Å². The third-order valence-electron chi connectivity index (χ3n) is 4.52. The summed E-state index contributed by atoms with van der Waals surface area (Å²) >= 11 is 0. The fraction of sp³-hybridized carbons (Fsp3) is 0.941. The van der Waals surface area contributed by atoms with Crippen molar-refractivity contribution in [1.29, 1.82) is 0 Å². The van der Waals surface area contributed by atoms with E-state index in [0.717, 1.165) is 19.4 Å². The smallest absolute Gasteiger partial charge is 0.407 e. The van der Waals surface area contributed by atoms with E-state index in [4.69, 9.17) is 4.74 Å². The number of hydrogen-bond donors (Lipinski definition) is 1. The Balaban J connectivity index is 2.30. The van der Waals surface area contributed by atoms with E-state index in [0.29, 0.717) is 17.8 Å². The maximum Gasteiger partial charge on any atom is 0.407 e. The number of carbonyl (C=O) groups is 1. The minimum Gasteiger partial charge on any atom is -0.446 e. The molecule has 20 heavy (non-hydrogen) atoms. The molecule has 1 N–H and O–H groups in total. The molecule has 3 heteroatoms. The van der Waals surface area contributed by atoms with Gasteiger partial charge < -0.3 is 10.1 Å². The average molecular weight is 283 g/mol. The van der Waals surface area contributed by atoms with Gasteiger partial charge in [-0.2, -0.15) is 0 Å². The maximum absolute atomic E-state index is 11.9. The molecule has 1 aliphatic carbocycles. The van der Waals surface area contributed by atoms with E-state index in [9.17, 15) is 4.79 Å². The molecular formula is C17H33NO2. The zero-order chi connectivity index (χ0) is 15.0. The minimum atomic E-state index is -0.216. The maximum atomic E-state index is 11.9. The summed E-state index contributed by atoms with van der Waals surface area (Å²) in [4.78, 5) is 11.9. The molecule has 0 aromatic carbocycles. The highest BCUT2D eigenvalue weighted by molar-refractivity contribution is 5.67. The van der Waals surface area contributed by atoms with Crippen LogP contribution in [-0.4, -0.2) is 18.7 Å². The van der Waals surface area contributed by atoms with Crippen LogP contribution in [0.25, 0.3) is 0 Å². The molecule has 0 spiro atoms. The van der Waals surface area contributed by atoms with Crippen LogP contribution in [0.3, 0.4) is 0 Å². The van der Waals surface area contributed by atoms with Crippen molar-refractivity contribution in [2.75, 3.05) is 6.54 Å². The molecule has 1 fully saturated rings. The summed E-state index contributed by atoms with van der Waals surface area (Å²) in [5, 5.41) is 2.90. The molecule has 0 saturated heterocycles. The summed E-state index contributed by atoms with van der Waals surface area (Å²) in [7, 11) is 0. The zero-order valence-electron chi connectivity index (χ0n) is 13.8. The Bertz CT molecular complexity index is 278. The SMILES string of the molecule is CCCCCCNC(=O)OC1CC(C)CCC1C(C)C. The zero-order valence-corrected chi connectivity index (χ0v) is 13.8. The van der Waals surface area contributed by atoms with E-state index in [1.807, 2.05) is 0 Å². The molecule has 0 radical (unpaired) electrons. The Morgan fingerprint density at radius 1 is 1.25 bits per heavy atom. The number of rotatable bonds is 7. The number of alkyl carbamates (subject to hydrolysis) is 1. The summed E-state index contributed by atoms with van der Waals surface area (Å²) in [6.45, 7) is 9.67. The molecule has 0 heterocycles. The molecule has 3 atom stereocenters. The lowest BCUT2D eigenvalue weighted by molar-refractivity contribution is 0.00623. The van der Waals surface area contributed by atoms with E-state index in [2.05, 4.69) is 33.0 Å². The molecule has 0 bridgehead atoms. The van der Waals surface area contributed by atoms with Crippen molar-refractivity contribution >= 4 is 6.09 Å². The summed E-state index contributed by atoms with van der Waals surface area (Å²) < 4.78 is 5.69. The second-order valence-electron chi connectivity index (χ2n) is 6.76. The van der Waals surface area contributed by atoms with Gasteiger partial charge in [0.05, 0.1) is 0 Å². The van der Waals surface area contributed by atoms with Gasteiger partial charge >= 0.3 is 6.09 Å². The molecule has 1 amide bonds. The van der Waals surface area contributed by atoms with E-state index in [-0.39, 0.29) is 12.2 Å². The molecule has 1 saturated carbocycles. The molecule has 0 aliphatic heterocycles. The largest absolute Gasteiger partial charge is 0.446 e. The van der Waals surface area contributed by atoms with Crippen LogP contribution >= 0.6 is 0 Å². The minimum absolute atomic E-state index is 0.106. The summed E-state index contributed by atoms with van der Waals surface area (Å²) in [6.07, 6.45) is 8.07. The fourth-order valence-electron chi connectivity index (χ4n) is 3.17. The first-order chi connectivity index (χ1) is 9.54. The molecule has 1 aliphatic rings. The Kier molecular flexibility index (Phi) is 8.01. The lowest BCUT2D eigenvalue weighted by Gasteiger charge is -2.36. The second kappa shape index (κ2) is 9.25. The van der Waals surface area contributed by atoms with Crippen LogP contribution in [0, 0.1) is 17.8 Å². The van der Waals surface area contributed by atoms with Crippen molar-refractivity contribution in [1.82, 2.24) is 5.32 Å². The van der Waals surface area contributed by atoms with Gasteiger partial charge in [0.1, 0.15) is 6.10 Å². The monoisotopic (exact) mass is 283 g/mol. The van der Waals surface area contributed by atoms with Crippen molar-refractivity contribution in [3.63, 3.8) is 0 Å². The third kappa shape index (κ3) is 6.15. The lowest BCUT2D eigenvalue weighted by atomic mass is 9.75. The van der Waals surface area contributed by atoms with Crippen LogP contribution in [0.2, 0.25) is 0 Å². The molecular weight excluding hydrogens is 250 g/mol. The average Bonchev–Trinajstić information content (AvgIpc) is 2.38. The molecule has 3 nitrogen and oxygen atoms in total. The first-order valence-corrected chi connectivity index (χ1v) is 8.49. The normalized spacial score (nSPS) is 26.6. The van der Waals surface area contributed by atoms with Crippen LogP contribution in [-0.2, 0) is 4.74 Å². The van der Waals surface area contributed by atoms with Gasteiger partial charge in [0, 0.05) is 6.54 Å². The van der Waals surface area contributed by atoms with E-state index in [1.165, 1.54) is 32.1 Å². The number of unbranched alkanes of at least 4 members (excludes halogenated alkanes) is 3. The summed E-state index contributed by atoms with van der Waals surface area (Å²) in [5.74, 6) is 1.79. The second-order valence-corrected chi connectivity index (χ2v) is 6.76. The van der Waals surface area contributed by atoms with Crippen LogP contribution < -0.4 is 5.32 Å². The van der Waals surface area contributed by atoms with Gasteiger partial charge in [-0.1, -0.05) is 53.4 Å². The lowest BCUT2D eigenvalue weighted by Crippen LogP contribution is -2.39. The van der Waals surface area contributed by atoms with E-state index >= 15 is 0 Å². The molecule has 0 aromatic heterocycles. The van der Waals surface area contributed by atoms with Gasteiger partial charge in [0.25, 0.3) is 0 Å². The summed E-state index contributed by atoms with van der Waals surface area (Å²) in [6, 6.07) is 0. The predicted molar refractivity (Wildman–Crippen MR) is 83.8 cm³/mol. The van der Waals surface area contributed by atoms with Crippen LogP contribution in [0.4, 0.5) is 4.79 Å². The first kappa shape index (κ1) is 17.3. The van der Waals surface area contributed by atoms with Crippen LogP contribution in [0.15, 0.2) is 0 Å². The standard InChI is InChI=1S/C17H33NO2/c1-5-6-7-8-11-18-17(19)20-16-12-14(4)9-10-15(16)13(2)3/h13-16H,5-12H2,1-4H3,(H,18,19). The number of hydrogen-bond acceptors (Lipinski definition) is 2. The van der Waals surface area contributed by atoms with Gasteiger partial charge in [0.2, 0.25) is 0 Å². The van der Waals surface area contributed by atoms with Crippen LogP contribution in [0.5, 0.6) is 0 Å². The summed E-state index contributed by atoms with van der Waals surface area (Å²) in [5.41, 5.74) is 0. The third-order valence-corrected chi connectivity index (χ3v) is 4.52. The highest BCUT2D eigenvalue weighted by Gasteiger charge is 2.33. The van der Waals surface area contributed by atoms with Crippen molar-refractivity contribution in [2.45, 2.75) is 78.7 Å². The highest BCUT2D eigenvalue weighted by atomic mass is 16.6. The highest BCUT2D eigenvalue weighted by Crippen LogP contribution is 2.35. The van der Waals surface area contributed by atoms with E-state index < -0.39 is 0 Å². The van der Waals surface area contributed by atoms with Gasteiger partial charge in [-0.05, 0) is 37.0 Å². The van der Waals surface area contributed by atoms with Crippen molar-refractivity contribution in [2.24, 2.45) is 17.8 Å². The number of nitrogens with one attached hydrogen (secondary N) is 1. The Hall–Kier alpha value is -0.730. The molecule has 0 aromatic rings. The Morgan fingerprint density at radius 2 is 2.00 bits per heavy atom. The van der Waals surface area contributed by atoms with Gasteiger partial charge in [-0.25, -0.2) is 4.79 Å². The predicted octanol–water partition coefficient (Wildman–Crippen LogP) is 4.75. The van der Waals surface area contributed by atoms with E-state index in [1.54, 1.807) is 0 Å². The first-order valence-electron chi connectivity index (χ1n) is 8.49. The van der Waals surface area contributed by atoms with Crippen molar-refractivity contribution < 1.29 is 9.53 Å². The number of amides is 1. The van der Waals surface area contributed by atoms with Gasteiger partial charge in [-0.15, -0.1) is 0 Å². The van der Waals surface area contributed by atoms with Gasteiger partial charge in [0.15, 0.2) is 0 Å². The Morgan fingerprint density at radius 3 is 2.65 bits per heavy atom. The number of carbonyl (C=O) groups excluding carboxylic acids is 1. The Labute approximate surface area is 124 Å². The number of ether oxygens (including phenoxy) is 1. The molecule has 3 unspecified atom stereocenters. The van der Waals surface area contributed by atoms with Gasteiger partial charge in [-0.3, -0.25) is 0 Å².